The van der Waals surface area contributed by atoms with Gasteiger partial charge in [0, 0.05) is 13.2 Å². The van der Waals surface area contributed by atoms with Crippen LogP contribution in [0.4, 0.5) is 0 Å². The molecule has 0 saturated heterocycles. The highest BCUT2D eigenvalue weighted by atomic mass is 16.5. The molecule has 3 heteroatoms. The zero-order valence-corrected chi connectivity index (χ0v) is 10.2. The van der Waals surface area contributed by atoms with E-state index >= 15 is 0 Å². The molecule has 0 heterocycles. The van der Waals surface area contributed by atoms with Gasteiger partial charge in [-0.25, -0.2) is 0 Å². The Morgan fingerprint density at radius 1 is 1.40 bits per heavy atom. The average Bonchev–Trinajstić information content (AvgIpc) is 2.81. The van der Waals surface area contributed by atoms with Gasteiger partial charge in [0.05, 0.1) is 12.7 Å². The molecule has 0 aromatic carbocycles. The molecule has 3 nitrogen and oxygen atoms in total. The third-order valence-corrected chi connectivity index (χ3v) is 2.82. The second kappa shape index (κ2) is 6.46. The fourth-order valence-electron chi connectivity index (χ4n) is 1.62. The van der Waals surface area contributed by atoms with Crippen molar-refractivity contribution >= 4 is 0 Å². The van der Waals surface area contributed by atoms with E-state index < -0.39 is 0 Å². The lowest BCUT2D eigenvalue weighted by atomic mass is 10.2. The SMILES string of the molecule is CC(C)COCC(O)CNCC1CC1C. The Balaban J connectivity index is 1.87. The van der Waals surface area contributed by atoms with Crippen LogP contribution in [0, 0.1) is 17.8 Å². The first kappa shape index (κ1) is 12.9. The van der Waals surface area contributed by atoms with Gasteiger partial charge >= 0.3 is 0 Å². The maximum Gasteiger partial charge on any atom is 0.0897 e. The lowest BCUT2D eigenvalue weighted by Crippen LogP contribution is -2.32. The molecule has 0 bridgehead atoms. The first-order chi connectivity index (χ1) is 7.09. The molecule has 0 amide bonds. The first-order valence-corrected chi connectivity index (χ1v) is 6.06. The highest BCUT2D eigenvalue weighted by molar-refractivity contribution is 4.84. The Labute approximate surface area is 93.2 Å². The van der Waals surface area contributed by atoms with Crippen LogP contribution in [0.15, 0.2) is 0 Å². The van der Waals surface area contributed by atoms with Crippen LogP contribution in [-0.4, -0.2) is 37.5 Å². The quantitative estimate of drug-likeness (QED) is 0.640. The second-order valence-corrected chi connectivity index (χ2v) is 5.22. The van der Waals surface area contributed by atoms with Gasteiger partial charge in [-0.2, -0.15) is 0 Å². The number of hydrogen-bond acceptors (Lipinski definition) is 3. The summed E-state index contributed by atoms with van der Waals surface area (Å²) in [5.74, 6) is 2.26. The Morgan fingerprint density at radius 3 is 2.60 bits per heavy atom. The van der Waals surface area contributed by atoms with E-state index in [1.54, 1.807) is 0 Å². The van der Waals surface area contributed by atoms with Crippen LogP contribution in [0.3, 0.4) is 0 Å². The lowest BCUT2D eigenvalue weighted by molar-refractivity contribution is 0.0261. The highest BCUT2D eigenvalue weighted by Gasteiger charge is 2.31. The van der Waals surface area contributed by atoms with Crippen molar-refractivity contribution in [2.75, 3.05) is 26.3 Å². The van der Waals surface area contributed by atoms with E-state index in [-0.39, 0.29) is 6.10 Å². The zero-order valence-electron chi connectivity index (χ0n) is 10.2. The minimum Gasteiger partial charge on any atom is -0.389 e. The summed E-state index contributed by atoms with van der Waals surface area (Å²) in [6.45, 7) is 9.37. The smallest absolute Gasteiger partial charge is 0.0897 e. The van der Waals surface area contributed by atoms with E-state index in [1.165, 1.54) is 6.42 Å². The number of aliphatic hydroxyl groups excluding tert-OH is 1. The third kappa shape index (κ3) is 6.13. The fraction of sp³-hybridized carbons (Fsp3) is 1.00. The lowest BCUT2D eigenvalue weighted by Gasteiger charge is -2.13. The summed E-state index contributed by atoms with van der Waals surface area (Å²) in [7, 11) is 0. The summed E-state index contributed by atoms with van der Waals surface area (Å²) < 4.78 is 5.36. The molecule has 1 aliphatic carbocycles. The number of rotatable bonds is 8. The molecule has 2 N–H and O–H groups in total. The fourth-order valence-corrected chi connectivity index (χ4v) is 1.62. The predicted octanol–water partition coefficient (Wildman–Crippen LogP) is 1.27. The van der Waals surface area contributed by atoms with Crippen molar-refractivity contribution < 1.29 is 9.84 Å². The van der Waals surface area contributed by atoms with Gasteiger partial charge in [-0.15, -0.1) is 0 Å². The van der Waals surface area contributed by atoms with Gasteiger partial charge in [0.15, 0.2) is 0 Å². The van der Waals surface area contributed by atoms with Gasteiger partial charge in [0.25, 0.3) is 0 Å². The standard InChI is InChI=1S/C12H25NO2/c1-9(2)7-15-8-12(14)6-13-5-11-4-10(11)3/h9-14H,4-8H2,1-3H3. The molecular formula is C12H25NO2. The van der Waals surface area contributed by atoms with E-state index in [1.807, 2.05) is 0 Å². The van der Waals surface area contributed by atoms with Crippen molar-refractivity contribution in [1.82, 2.24) is 5.32 Å². The highest BCUT2D eigenvalue weighted by Crippen LogP contribution is 2.36. The molecule has 90 valence electrons. The van der Waals surface area contributed by atoms with Gasteiger partial charge in [-0.05, 0) is 30.7 Å². The number of nitrogens with one attached hydrogen (secondary N) is 1. The molecule has 0 spiro atoms. The number of ether oxygens (including phenoxy) is 1. The molecule has 3 unspecified atom stereocenters. The third-order valence-electron chi connectivity index (χ3n) is 2.82. The summed E-state index contributed by atoms with van der Waals surface area (Å²) in [5.41, 5.74) is 0. The molecule has 15 heavy (non-hydrogen) atoms. The predicted molar refractivity (Wildman–Crippen MR) is 61.8 cm³/mol. The molecular weight excluding hydrogens is 190 g/mol. The topological polar surface area (TPSA) is 41.5 Å². The minimum atomic E-state index is -0.363. The average molecular weight is 215 g/mol. The van der Waals surface area contributed by atoms with Gasteiger partial charge in [-0.3, -0.25) is 0 Å². The Hall–Kier alpha value is -0.120. The maximum atomic E-state index is 9.57. The normalized spacial score (nSPS) is 27.0. The van der Waals surface area contributed by atoms with E-state index in [9.17, 15) is 5.11 Å². The van der Waals surface area contributed by atoms with Crippen molar-refractivity contribution in [2.45, 2.75) is 33.3 Å². The minimum absolute atomic E-state index is 0.363. The van der Waals surface area contributed by atoms with Crippen molar-refractivity contribution in [3.05, 3.63) is 0 Å². The van der Waals surface area contributed by atoms with Gasteiger partial charge in [0.2, 0.25) is 0 Å². The molecule has 0 aromatic rings. The van der Waals surface area contributed by atoms with E-state index in [0.29, 0.717) is 19.1 Å². The van der Waals surface area contributed by atoms with Crippen molar-refractivity contribution in [3.8, 4) is 0 Å². The van der Waals surface area contributed by atoms with Gasteiger partial charge < -0.3 is 15.2 Å². The maximum absolute atomic E-state index is 9.57. The molecule has 0 radical (unpaired) electrons. The van der Waals surface area contributed by atoms with Crippen LogP contribution >= 0.6 is 0 Å². The van der Waals surface area contributed by atoms with Crippen molar-refractivity contribution in [2.24, 2.45) is 17.8 Å². The van der Waals surface area contributed by atoms with Crippen molar-refractivity contribution in [1.29, 1.82) is 0 Å². The van der Waals surface area contributed by atoms with Crippen LogP contribution in [0.5, 0.6) is 0 Å². The zero-order chi connectivity index (χ0) is 11.3. The summed E-state index contributed by atoms with van der Waals surface area (Å²) in [5, 5.41) is 12.9. The summed E-state index contributed by atoms with van der Waals surface area (Å²) in [6, 6.07) is 0. The monoisotopic (exact) mass is 215 g/mol. The van der Waals surface area contributed by atoms with Gasteiger partial charge in [-0.1, -0.05) is 20.8 Å². The number of aliphatic hydroxyl groups is 1. The Kier molecular flexibility index (Phi) is 5.58. The van der Waals surface area contributed by atoms with Crippen molar-refractivity contribution in [3.63, 3.8) is 0 Å². The van der Waals surface area contributed by atoms with Crippen LogP contribution < -0.4 is 5.32 Å². The van der Waals surface area contributed by atoms with Crippen LogP contribution in [0.1, 0.15) is 27.2 Å². The molecule has 3 atom stereocenters. The molecule has 0 aromatic heterocycles. The Morgan fingerprint density at radius 2 is 2.07 bits per heavy atom. The second-order valence-electron chi connectivity index (χ2n) is 5.22. The summed E-state index contributed by atoms with van der Waals surface area (Å²) in [6.07, 6.45) is 0.977. The van der Waals surface area contributed by atoms with Gasteiger partial charge in [0.1, 0.15) is 0 Å². The molecule has 1 saturated carbocycles. The molecule has 0 aliphatic heterocycles. The van der Waals surface area contributed by atoms with Crippen LogP contribution in [-0.2, 0) is 4.74 Å². The van der Waals surface area contributed by atoms with Crippen LogP contribution in [0.2, 0.25) is 0 Å². The summed E-state index contributed by atoms with van der Waals surface area (Å²) in [4.78, 5) is 0. The molecule has 1 rings (SSSR count). The first-order valence-electron chi connectivity index (χ1n) is 6.06. The van der Waals surface area contributed by atoms with Crippen LogP contribution in [0.25, 0.3) is 0 Å². The van der Waals surface area contributed by atoms with E-state index in [4.69, 9.17) is 4.74 Å². The molecule has 1 aliphatic rings. The number of hydrogen-bond donors (Lipinski definition) is 2. The van der Waals surface area contributed by atoms with E-state index in [0.717, 1.165) is 25.0 Å². The van der Waals surface area contributed by atoms with E-state index in [2.05, 4.69) is 26.1 Å². The molecule has 1 fully saturated rings. The summed E-state index contributed by atoms with van der Waals surface area (Å²) >= 11 is 0. The largest absolute Gasteiger partial charge is 0.389 e. The Bertz CT molecular complexity index is 173.